The van der Waals surface area contributed by atoms with E-state index in [0.29, 0.717) is 11.6 Å². The number of rotatable bonds is 2. The van der Waals surface area contributed by atoms with Crippen molar-refractivity contribution < 1.29 is 4.39 Å². The molecule has 0 amide bonds. The fourth-order valence-corrected chi connectivity index (χ4v) is 2.04. The summed E-state index contributed by atoms with van der Waals surface area (Å²) in [5.41, 5.74) is 1.77. The minimum atomic E-state index is -0.123. The summed E-state index contributed by atoms with van der Waals surface area (Å²) < 4.78 is 13.0. The van der Waals surface area contributed by atoms with Gasteiger partial charge in [-0.25, -0.2) is 4.39 Å². The number of hydrogen-bond acceptors (Lipinski definition) is 1. The number of anilines is 1. The van der Waals surface area contributed by atoms with Crippen molar-refractivity contribution >= 4 is 5.69 Å². The molecule has 1 aromatic carbocycles. The van der Waals surface area contributed by atoms with Crippen molar-refractivity contribution in [3.63, 3.8) is 0 Å². The fraction of sp³-hybridized carbons (Fsp3) is 0.500. The van der Waals surface area contributed by atoms with Crippen molar-refractivity contribution in [1.82, 2.24) is 0 Å². The predicted molar refractivity (Wildman–Crippen MR) is 57.0 cm³/mol. The maximum atomic E-state index is 13.0. The summed E-state index contributed by atoms with van der Waals surface area (Å²) in [5, 5.41) is 3.44. The van der Waals surface area contributed by atoms with Crippen LogP contribution in [0.2, 0.25) is 0 Å². The number of halogens is 1. The van der Waals surface area contributed by atoms with Crippen molar-refractivity contribution in [3.05, 3.63) is 29.6 Å². The van der Waals surface area contributed by atoms with Crippen LogP contribution in [0.25, 0.3) is 0 Å². The van der Waals surface area contributed by atoms with Gasteiger partial charge in [0.25, 0.3) is 0 Å². The lowest BCUT2D eigenvalue weighted by atomic mass is 10.2. The summed E-state index contributed by atoms with van der Waals surface area (Å²) in [7, 11) is 0. The van der Waals surface area contributed by atoms with Crippen LogP contribution in [0.3, 0.4) is 0 Å². The van der Waals surface area contributed by atoms with E-state index in [1.807, 2.05) is 12.1 Å². The molecule has 2 heteroatoms. The molecule has 0 atom stereocenters. The third-order valence-electron chi connectivity index (χ3n) is 2.88. The Bertz CT molecular complexity index is 316. The van der Waals surface area contributed by atoms with Crippen LogP contribution in [0.15, 0.2) is 18.2 Å². The van der Waals surface area contributed by atoms with Gasteiger partial charge in [0.2, 0.25) is 0 Å². The molecule has 1 N–H and O–H groups in total. The van der Waals surface area contributed by atoms with E-state index in [1.54, 1.807) is 6.92 Å². The van der Waals surface area contributed by atoms with Crippen molar-refractivity contribution in [2.75, 3.05) is 5.32 Å². The normalized spacial score (nSPS) is 17.3. The molecule has 1 aromatic rings. The summed E-state index contributed by atoms with van der Waals surface area (Å²) in [5.74, 6) is -0.123. The van der Waals surface area contributed by atoms with Gasteiger partial charge in [-0.3, -0.25) is 0 Å². The predicted octanol–water partition coefficient (Wildman–Crippen LogP) is 3.49. The van der Waals surface area contributed by atoms with Crippen LogP contribution in [0.1, 0.15) is 31.2 Å². The Morgan fingerprint density at radius 1 is 1.29 bits per heavy atom. The Labute approximate surface area is 84.3 Å². The highest BCUT2D eigenvalue weighted by molar-refractivity contribution is 5.46. The number of benzene rings is 1. The molecule has 1 saturated carbocycles. The van der Waals surface area contributed by atoms with Crippen LogP contribution in [0, 0.1) is 12.7 Å². The lowest BCUT2D eigenvalue weighted by Crippen LogP contribution is -2.14. The van der Waals surface area contributed by atoms with Crippen LogP contribution in [0.4, 0.5) is 10.1 Å². The zero-order chi connectivity index (χ0) is 9.97. The maximum Gasteiger partial charge on any atom is 0.126 e. The van der Waals surface area contributed by atoms with E-state index in [1.165, 1.54) is 31.7 Å². The van der Waals surface area contributed by atoms with E-state index in [4.69, 9.17) is 0 Å². The molecule has 76 valence electrons. The largest absolute Gasteiger partial charge is 0.382 e. The first-order valence-corrected chi connectivity index (χ1v) is 5.28. The minimum Gasteiger partial charge on any atom is -0.382 e. The average molecular weight is 193 g/mol. The molecular weight excluding hydrogens is 177 g/mol. The topological polar surface area (TPSA) is 12.0 Å². The molecule has 0 saturated heterocycles. The van der Waals surface area contributed by atoms with Crippen molar-refractivity contribution in [1.29, 1.82) is 0 Å². The Balaban J connectivity index is 2.05. The van der Waals surface area contributed by atoms with Crippen molar-refractivity contribution in [2.24, 2.45) is 0 Å². The first-order chi connectivity index (χ1) is 6.75. The molecule has 1 aliphatic carbocycles. The van der Waals surface area contributed by atoms with E-state index < -0.39 is 0 Å². The molecule has 1 fully saturated rings. The molecule has 0 aliphatic heterocycles. The molecule has 0 bridgehead atoms. The molecule has 0 aromatic heterocycles. The van der Waals surface area contributed by atoms with Crippen molar-refractivity contribution in [3.8, 4) is 0 Å². The Morgan fingerprint density at radius 3 is 2.64 bits per heavy atom. The second-order valence-corrected chi connectivity index (χ2v) is 4.09. The van der Waals surface area contributed by atoms with E-state index >= 15 is 0 Å². The molecule has 14 heavy (non-hydrogen) atoms. The van der Waals surface area contributed by atoms with Gasteiger partial charge in [0, 0.05) is 11.7 Å². The number of aryl methyl sites for hydroxylation is 1. The van der Waals surface area contributed by atoms with E-state index in [0.717, 1.165) is 5.69 Å². The van der Waals surface area contributed by atoms with Gasteiger partial charge in [-0.15, -0.1) is 0 Å². The second kappa shape index (κ2) is 3.99. The lowest BCUT2D eigenvalue weighted by molar-refractivity contribution is 0.618. The lowest BCUT2D eigenvalue weighted by Gasteiger charge is -2.13. The van der Waals surface area contributed by atoms with Gasteiger partial charge in [0.1, 0.15) is 5.82 Å². The molecule has 0 spiro atoms. The molecule has 2 rings (SSSR count). The standard InChI is InChI=1S/C12H16FN/c1-9-8-11(6-7-12(9)13)14-10-4-2-3-5-10/h6-8,10,14H,2-5H2,1H3. The molecule has 0 unspecified atom stereocenters. The molecule has 1 nitrogen and oxygen atoms in total. The van der Waals surface area contributed by atoms with Gasteiger partial charge in [-0.1, -0.05) is 12.8 Å². The fourth-order valence-electron chi connectivity index (χ4n) is 2.04. The van der Waals surface area contributed by atoms with Gasteiger partial charge < -0.3 is 5.32 Å². The van der Waals surface area contributed by atoms with Crippen LogP contribution >= 0.6 is 0 Å². The molecule has 0 radical (unpaired) electrons. The highest BCUT2D eigenvalue weighted by Crippen LogP contribution is 2.23. The van der Waals surface area contributed by atoms with Gasteiger partial charge >= 0.3 is 0 Å². The van der Waals surface area contributed by atoms with Crippen LogP contribution < -0.4 is 5.32 Å². The zero-order valence-electron chi connectivity index (χ0n) is 8.52. The third kappa shape index (κ3) is 2.06. The quantitative estimate of drug-likeness (QED) is 0.758. The van der Waals surface area contributed by atoms with Gasteiger partial charge in [-0.05, 0) is 43.5 Å². The van der Waals surface area contributed by atoms with E-state index in [9.17, 15) is 4.39 Å². The monoisotopic (exact) mass is 193 g/mol. The summed E-state index contributed by atoms with van der Waals surface area (Å²) in [6, 6.07) is 5.83. The van der Waals surface area contributed by atoms with Crippen molar-refractivity contribution in [2.45, 2.75) is 38.6 Å². The Hall–Kier alpha value is -1.05. The number of hydrogen-bond donors (Lipinski definition) is 1. The summed E-state index contributed by atoms with van der Waals surface area (Å²) >= 11 is 0. The summed E-state index contributed by atoms with van der Waals surface area (Å²) in [6.45, 7) is 1.80. The highest BCUT2D eigenvalue weighted by atomic mass is 19.1. The van der Waals surface area contributed by atoms with Gasteiger partial charge in [0.05, 0.1) is 0 Å². The molecule has 1 aliphatic rings. The van der Waals surface area contributed by atoms with E-state index in [-0.39, 0.29) is 5.82 Å². The van der Waals surface area contributed by atoms with Gasteiger partial charge in [0.15, 0.2) is 0 Å². The highest BCUT2D eigenvalue weighted by Gasteiger charge is 2.14. The maximum absolute atomic E-state index is 13.0. The van der Waals surface area contributed by atoms with Crippen LogP contribution in [-0.2, 0) is 0 Å². The first kappa shape index (κ1) is 9.50. The Morgan fingerprint density at radius 2 is 2.00 bits per heavy atom. The number of nitrogens with one attached hydrogen (secondary N) is 1. The minimum absolute atomic E-state index is 0.123. The smallest absolute Gasteiger partial charge is 0.126 e. The Kier molecular flexibility index (Phi) is 2.71. The molecule has 0 heterocycles. The second-order valence-electron chi connectivity index (χ2n) is 4.09. The SMILES string of the molecule is Cc1cc(NC2CCCC2)ccc1F. The summed E-state index contributed by atoms with van der Waals surface area (Å²) in [6.07, 6.45) is 5.13. The molecular formula is C12H16FN. The average Bonchev–Trinajstić information content (AvgIpc) is 2.64. The third-order valence-corrected chi connectivity index (χ3v) is 2.88. The zero-order valence-corrected chi connectivity index (χ0v) is 8.52. The van der Waals surface area contributed by atoms with Crippen LogP contribution in [-0.4, -0.2) is 6.04 Å². The summed E-state index contributed by atoms with van der Waals surface area (Å²) in [4.78, 5) is 0. The van der Waals surface area contributed by atoms with Crippen LogP contribution in [0.5, 0.6) is 0 Å². The van der Waals surface area contributed by atoms with Gasteiger partial charge in [-0.2, -0.15) is 0 Å². The van der Waals surface area contributed by atoms with E-state index in [2.05, 4.69) is 5.32 Å². The first-order valence-electron chi connectivity index (χ1n) is 5.28.